The third kappa shape index (κ3) is 4.10. The normalized spacial score (nSPS) is 13.1. The second kappa shape index (κ2) is 5.71. The van der Waals surface area contributed by atoms with E-state index in [4.69, 9.17) is 6.42 Å². The predicted molar refractivity (Wildman–Crippen MR) is 58.1 cm³/mol. The van der Waals surface area contributed by atoms with E-state index in [1.807, 2.05) is 0 Å². The van der Waals surface area contributed by atoms with Crippen LogP contribution >= 0.6 is 0 Å². The Balaban J connectivity index is 2.65. The number of hydrogen-bond acceptors (Lipinski definition) is 2. The van der Waals surface area contributed by atoms with Crippen LogP contribution in [0.4, 0.5) is 13.2 Å². The van der Waals surface area contributed by atoms with Crippen LogP contribution in [0.1, 0.15) is 17.2 Å². The molecule has 0 aliphatic carbocycles. The molecular formula is C12H12F3NO. The van der Waals surface area contributed by atoms with E-state index in [1.165, 1.54) is 12.1 Å². The number of rotatable bonds is 4. The minimum absolute atomic E-state index is 0.204. The second-order valence-corrected chi connectivity index (χ2v) is 3.47. The lowest BCUT2D eigenvalue weighted by atomic mass is 10.1. The number of aliphatic hydroxyl groups excluding tert-OH is 1. The highest BCUT2D eigenvalue weighted by Gasteiger charge is 2.30. The molecule has 92 valence electrons. The molecule has 1 aromatic rings. The molecular weight excluding hydrogens is 231 g/mol. The van der Waals surface area contributed by atoms with Crippen LogP contribution < -0.4 is 5.32 Å². The third-order valence-corrected chi connectivity index (χ3v) is 2.19. The maximum absolute atomic E-state index is 12.3. The highest BCUT2D eigenvalue weighted by atomic mass is 19.4. The van der Waals surface area contributed by atoms with Gasteiger partial charge in [0.15, 0.2) is 0 Å². The molecule has 0 saturated heterocycles. The van der Waals surface area contributed by atoms with Gasteiger partial charge in [0, 0.05) is 6.54 Å². The van der Waals surface area contributed by atoms with Gasteiger partial charge in [-0.3, -0.25) is 0 Å². The van der Waals surface area contributed by atoms with Crippen molar-refractivity contribution in [3.05, 3.63) is 35.4 Å². The zero-order chi connectivity index (χ0) is 12.9. The maximum atomic E-state index is 12.3. The molecule has 0 aromatic heterocycles. The lowest BCUT2D eigenvalue weighted by Crippen LogP contribution is -2.21. The average Bonchev–Trinajstić information content (AvgIpc) is 2.28. The Labute approximate surface area is 97.5 Å². The van der Waals surface area contributed by atoms with Crippen molar-refractivity contribution in [2.45, 2.75) is 12.3 Å². The Hall–Kier alpha value is -1.51. The van der Waals surface area contributed by atoms with Crippen molar-refractivity contribution in [1.29, 1.82) is 0 Å². The molecule has 0 amide bonds. The van der Waals surface area contributed by atoms with Gasteiger partial charge in [-0.25, -0.2) is 0 Å². The summed E-state index contributed by atoms with van der Waals surface area (Å²) >= 11 is 0. The van der Waals surface area contributed by atoms with Crippen molar-refractivity contribution >= 4 is 0 Å². The van der Waals surface area contributed by atoms with E-state index < -0.39 is 17.8 Å². The summed E-state index contributed by atoms with van der Waals surface area (Å²) < 4.78 is 36.8. The van der Waals surface area contributed by atoms with E-state index >= 15 is 0 Å². The largest absolute Gasteiger partial charge is 0.416 e. The molecule has 0 aliphatic rings. The number of alkyl halides is 3. The lowest BCUT2D eigenvalue weighted by Gasteiger charge is -2.12. The predicted octanol–water partition coefficient (Wildman–Crippen LogP) is 1.96. The quantitative estimate of drug-likeness (QED) is 0.626. The van der Waals surface area contributed by atoms with Gasteiger partial charge < -0.3 is 10.4 Å². The van der Waals surface area contributed by atoms with Crippen molar-refractivity contribution in [3.63, 3.8) is 0 Å². The highest BCUT2D eigenvalue weighted by molar-refractivity contribution is 5.26. The van der Waals surface area contributed by atoms with Gasteiger partial charge in [0.1, 0.15) is 0 Å². The number of hydrogen-bond donors (Lipinski definition) is 2. The van der Waals surface area contributed by atoms with Crippen LogP contribution in [-0.2, 0) is 6.18 Å². The Morgan fingerprint density at radius 3 is 2.35 bits per heavy atom. The number of terminal acetylenes is 1. The van der Waals surface area contributed by atoms with Gasteiger partial charge in [-0.1, -0.05) is 18.1 Å². The third-order valence-electron chi connectivity index (χ3n) is 2.19. The summed E-state index contributed by atoms with van der Waals surface area (Å²) in [4.78, 5) is 0. The average molecular weight is 243 g/mol. The Kier molecular flexibility index (Phi) is 4.55. The zero-order valence-corrected chi connectivity index (χ0v) is 8.96. The summed E-state index contributed by atoms with van der Waals surface area (Å²) in [6.07, 6.45) is -0.224. The van der Waals surface area contributed by atoms with Gasteiger partial charge in [-0.15, -0.1) is 6.42 Å². The fourth-order valence-electron chi connectivity index (χ4n) is 1.29. The monoisotopic (exact) mass is 243 g/mol. The van der Waals surface area contributed by atoms with E-state index in [9.17, 15) is 18.3 Å². The zero-order valence-electron chi connectivity index (χ0n) is 8.96. The molecule has 17 heavy (non-hydrogen) atoms. The standard InChI is InChI=1S/C12H12F3NO/c1-2-7-16-8-11(17)9-3-5-10(6-4-9)12(13,14)15/h1,3-6,11,16-17H,7-8H2. The molecule has 2 nitrogen and oxygen atoms in total. The van der Waals surface area contributed by atoms with Crippen LogP contribution in [0.3, 0.4) is 0 Å². The number of benzene rings is 1. The number of halogens is 3. The molecule has 0 bridgehead atoms. The van der Waals surface area contributed by atoms with Crippen molar-refractivity contribution in [1.82, 2.24) is 5.32 Å². The molecule has 1 rings (SSSR count). The molecule has 0 aliphatic heterocycles. The molecule has 1 unspecified atom stereocenters. The van der Waals surface area contributed by atoms with Crippen LogP contribution in [-0.4, -0.2) is 18.2 Å². The Morgan fingerprint density at radius 1 is 1.29 bits per heavy atom. The molecule has 1 atom stereocenters. The summed E-state index contributed by atoms with van der Waals surface area (Å²) in [5.41, 5.74) is -0.312. The minimum atomic E-state index is -4.36. The molecule has 1 aromatic carbocycles. The highest BCUT2D eigenvalue weighted by Crippen LogP contribution is 2.29. The SMILES string of the molecule is C#CCNCC(O)c1ccc(C(F)(F)F)cc1. The first-order valence-corrected chi connectivity index (χ1v) is 4.94. The molecule has 0 radical (unpaired) electrons. The van der Waals surface area contributed by atoms with Crippen molar-refractivity contribution in [2.75, 3.05) is 13.1 Å². The fourth-order valence-corrected chi connectivity index (χ4v) is 1.29. The van der Waals surface area contributed by atoms with Gasteiger partial charge in [0.05, 0.1) is 18.2 Å². The van der Waals surface area contributed by atoms with E-state index in [1.54, 1.807) is 0 Å². The van der Waals surface area contributed by atoms with Crippen LogP contribution in [0.25, 0.3) is 0 Å². The van der Waals surface area contributed by atoms with Crippen LogP contribution in [0.5, 0.6) is 0 Å². The van der Waals surface area contributed by atoms with Gasteiger partial charge in [-0.2, -0.15) is 13.2 Å². The van der Waals surface area contributed by atoms with E-state index in [-0.39, 0.29) is 6.54 Å². The fraction of sp³-hybridized carbons (Fsp3) is 0.333. The molecule has 0 spiro atoms. The number of nitrogens with one attached hydrogen (secondary N) is 1. The molecule has 0 heterocycles. The van der Waals surface area contributed by atoms with E-state index in [0.29, 0.717) is 12.1 Å². The van der Waals surface area contributed by atoms with Crippen molar-refractivity contribution in [3.8, 4) is 12.3 Å². The summed E-state index contributed by atoms with van der Waals surface area (Å²) in [6, 6.07) is 4.40. The second-order valence-electron chi connectivity index (χ2n) is 3.47. The van der Waals surface area contributed by atoms with E-state index in [2.05, 4.69) is 11.2 Å². The van der Waals surface area contributed by atoms with Gasteiger partial charge >= 0.3 is 6.18 Å². The Bertz CT molecular complexity index is 392. The summed E-state index contributed by atoms with van der Waals surface area (Å²) in [7, 11) is 0. The summed E-state index contributed by atoms with van der Waals surface area (Å²) in [6.45, 7) is 0.507. The van der Waals surface area contributed by atoms with Crippen molar-refractivity contribution < 1.29 is 18.3 Å². The first-order chi connectivity index (χ1) is 7.95. The topological polar surface area (TPSA) is 32.3 Å². The van der Waals surface area contributed by atoms with Gasteiger partial charge in [0.25, 0.3) is 0 Å². The molecule has 2 N–H and O–H groups in total. The van der Waals surface area contributed by atoms with Gasteiger partial charge in [-0.05, 0) is 17.7 Å². The van der Waals surface area contributed by atoms with Crippen LogP contribution in [0.15, 0.2) is 24.3 Å². The molecule has 0 saturated carbocycles. The molecule has 0 fully saturated rings. The summed E-state index contributed by atoms with van der Waals surface area (Å²) in [5.74, 6) is 2.33. The van der Waals surface area contributed by atoms with Crippen molar-refractivity contribution in [2.24, 2.45) is 0 Å². The smallest absolute Gasteiger partial charge is 0.387 e. The minimum Gasteiger partial charge on any atom is -0.387 e. The Morgan fingerprint density at radius 2 is 1.88 bits per heavy atom. The first kappa shape index (κ1) is 13.6. The van der Waals surface area contributed by atoms with Crippen LogP contribution in [0, 0.1) is 12.3 Å². The lowest BCUT2D eigenvalue weighted by molar-refractivity contribution is -0.137. The molecule has 5 heteroatoms. The maximum Gasteiger partial charge on any atom is 0.416 e. The van der Waals surface area contributed by atoms with Gasteiger partial charge in [0.2, 0.25) is 0 Å². The van der Waals surface area contributed by atoms with E-state index in [0.717, 1.165) is 12.1 Å². The summed E-state index contributed by atoms with van der Waals surface area (Å²) in [5, 5.41) is 12.4. The van der Waals surface area contributed by atoms with Crippen LogP contribution in [0.2, 0.25) is 0 Å². The first-order valence-electron chi connectivity index (χ1n) is 4.94. The number of aliphatic hydroxyl groups is 1.